The standard InChI is InChI=1S/C15H18BrNO/c1-4-17-14(13-5-6-18-15(13)16)12-8-10(2)7-11(3)9-12/h5-9,14,17H,4H2,1-3H3. The molecule has 0 bridgehead atoms. The van der Waals surface area contributed by atoms with Crippen LogP contribution in [0.4, 0.5) is 0 Å². The van der Waals surface area contributed by atoms with Crippen LogP contribution in [0.25, 0.3) is 0 Å². The van der Waals surface area contributed by atoms with Crippen LogP contribution in [-0.4, -0.2) is 6.54 Å². The number of nitrogens with one attached hydrogen (secondary N) is 1. The van der Waals surface area contributed by atoms with E-state index in [-0.39, 0.29) is 6.04 Å². The predicted octanol–water partition coefficient (Wildman–Crippen LogP) is 4.36. The topological polar surface area (TPSA) is 25.2 Å². The lowest BCUT2D eigenvalue weighted by Gasteiger charge is -2.18. The number of halogens is 1. The molecule has 2 nitrogen and oxygen atoms in total. The maximum atomic E-state index is 5.35. The van der Waals surface area contributed by atoms with E-state index in [1.807, 2.05) is 6.07 Å². The molecule has 1 unspecified atom stereocenters. The minimum absolute atomic E-state index is 0.168. The molecule has 96 valence electrons. The van der Waals surface area contributed by atoms with Gasteiger partial charge in [-0.05, 0) is 48.0 Å². The van der Waals surface area contributed by atoms with E-state index in [9.17, 15) is 0 Å². The fourth-order valence-corrected chi connectivity index (χ4v) is 2.77. The second-order valence-corrected chi connectivity index (χ2v) is 5.28. The summed E-state index contributed by atoms with van der Waals surface area (Å²) in [5, 5.41) is 3.51. The molecule has 18 heavy (non-hydrogen) atoms. The second-order valence-electron chi connectivity index (χ2n) is 4.56. The molecule has 2 aromatic rings. The van der Waals surface area contributed by atoms with Crippen molar-refractivity contribution in [2.75, 3.05) is 6.54 Å². The van der Waals surface area contributed by atoms with Gasteiger partial charge in [-0.15, -0.1) is 0 Å². The lowest BCUT2D eigenvalue weighted by atomic mass is 9.97. The molecule has 0 amide bonds. The zero-order chi connectivity index (χ0) is 13.1. The zero-order valence-electron chi connectivity index (χ0n) is 11.0. The van der Waals surface area contributed by atoms with Gasteiger partial charge in [-0.2, -0.15) is 0 Å². The van der Waals surface area contributed by atoms with Gasteiger partial charge < -0.3 is 9.73 Å². The van der Waals surface area contributed by atoms with Crippen molar-refractivity contribution in [1.29, 1.82) is 0 Å². The van der Waals surface area contributed by atoms with Crippen molar-refractivity contribution in [1.82, 2.24) is 5.32 Å². The quantitative estimate of drug-likeness (QED) is 0.908. The highest BCUT2D eigenvalue weighted by Crippen LogP contribution is 2.30. The van der Waals surface area contributed by atoms with Gasteiger partial charge in [0.25, 0.3) is 0 Å². The SMILES string of the molecule is CCNC(c1cc(C)cc(C)c1)c1ccoc1Br. The van der Waals surface area contributed by atoms with Crippen LogP contribution in [-0.2, 0) is 0 Å². The van der Waals surface area contributed by atoms with Crippen LogP contribution < -0.4 is 5.32 Å². The Morgan fingerprint density at radius 3 is 2.39 bits per heavy atom. The van der Waals surface area contributed by atoms with E-state index in [1.165, 1.54) is 16.7 Å². The monoisotopic (exact) mass is 307 g/mol. The van der Waals surface area contributed by atoms with Crippen molar-refractivity contribution in [3.63, 3.8) is 0 Å². The Balaban J connectivity index is 2.44. The first-order chi connectivity index (χ1) is 8.61. The minimum atomic E-state index is 0.168. The lowest BCUT2D eigenvalue weighted by molar-refractivity contribution is 0.526. The van der Waals surface area contributed by atoms with Crippen LogP contribution in [0.2, 0.25) is 0 Å². The van der Waals surface area contributed by atoms with Crippen LogP contribution in [0.3, 0.4) is 0 Å². The van der Waals surface area contributed by atoms with Crippen molar-refractivity contribution >= 4 is 15.9 Å². The molecule has 1 N–H and O–H groups in total. The number of rotatable bonds is 4. The summed E-state index contributed by atoms with van der Waals surface area (Å²) in [6, 6.07) is 8.81. The molecule has 1 aromatic heterocycles. The number of hydrogen-bond acceptors (Lipinski definition) is 2. The highest BCUT2D eigenvalue weighted by Gasteiger charge is 2.18. The van der Waals surface area contributed by atoms with Gasteiger partial charge in [0, 0.05) is 5.56 Å². The van der Waals surface area contributed by atoms with Crippen LogP contribution in [0, 0.1) is 13.8 Å². The molecule has 1 aromatic carbocycles. The van der Waals surface area contributed by atoms with E-state index >= 15 is 0 Å². The number of furan rings is 1. The Labute approximate surface area is 117 Å². The summed E-state index contributed by atoms with van der Waals surface area (Å²) in [7, 11) is 0. The zero-order valence-corrected chi connectivity index (χ0v) is 12.5. The van der Waals surface area contributed by atoms with Gasteiger partial charge >= 0.3 is 0 Å². The van der Waals surface area contributed by atoms with Crippen LogP contribution in [0.1, 0.15) is 35.2 Å². The van der Waals surface area contributed by atoms with Gasteiger partial charge in [-0.1, -0.05) is 36.2 Å². The van der Waals surface area contributed by atoms with E-state index in [1.54, 1.807) is 6.26 Å². The molecular weight excluding hydrogens is 290 g/mol. The normalized spacial score (nSPS) is 12.7. The van der Waals surface area contributed by atoms with Gasteiger partial charge in [0.2, 0.25) is 0 Å². The Hall–Kier alpha value is -1.06. The van der Waals surface area contributed by atoms with Crippen LogP contribution >= 0.6 is 15.9 Å². The predicted molar refractivity (Wildman–Crippen MR) is 77.8 cm³/mol. The van der Waals surface area contributed by atoms with Crippen LogP contribution in [0.5, 0.6) is 0 Å². The first kappa shape index (κ1) is 13.4. The average Bonchev–Trinajstić information content (AvgIpc) is 2.71. The lowest BCUT2D eigenvalue weighted by Crippen LogP contribution is -2.22. The van der Waals surface area contributed by atoms with E-state index in [0.717, 1.165) is 16.8 Å². The number of aryl methyl sites for hydroxylation is 2. The second kappa shape index (κ2) is 5.72. The molecule has 0 aliphatic carbocycles. The largest absolute Gasteiger partial charge is 0.457 e. The maximum absolute atomic E-state index is 5.35. The highest BCUT2D eigenvalue weighted by atomic mass is 79.9. The minimum Gasteiger partial charge on any atom is -0.457 e. The molecule has 0 fully saturated rings. The fraction of sp³-hybridized carbons (Fsp3) is 0.333. The van der Waals surface area contributed by atoms with Gasteiger partial charge in [0.05, 0.1) is 12.3 Å². The van der Waals surface area contributed by atoms with Crippen molar-refractivity contribution in [3.05, 3.63) is 57.5 Å². The molecule has 0 saturated heterocycles. The highest BCUT2D eigenvalue weighted by molar-refractivity contribution is 9.10. The van der Waals surface area contributed by atoms with Crippen molar-refractivity contribution in [2.24, 2.45) is 0 Å². The van der Waals surface area contributed by atoms with E-state index in [4.69, 9.17) is 4.42 Å². The van der Waals surface area contributed by atoms with Crippen LogP contribution in [0.15, 0.2) is 39.6 Å². The summed E-state index contributed by atoms with van der Waals surface area (Å²) < 4.78 is 6.15. The summed E-state index contributed by atoms with van der Waals surface area (Å²) in [6.07, 6.45) is 1.71. The van der Waals surface area contributed by atoms with Gasteiger partial charge in [0.15, 0.2) is 4.67 Å². The third-order valence-electron chi connectivity index (χ3n) is 2.94. The third-order valence-corrected chi connectivity index (χ3v) is 3.59. The molecule has 0 aliphatic heterocycles. The summed E-state index contributed by atoms with van der Waals surface area (Å²) >= 11 is 3.46. The van der Waals surface area contributed by atoms with Crippen molar-refractivity contribution in [2.45, 2.75) is 26.8 Å². The van der Waals surface area contributed by atoms with E-state index < -0.39 is 0 Å². The molecule has 0 saturated carbocycles. The van der Waals surface area contributed by atoms with E-state index in [2.05, 4.69) is 60.2 Å². The average molecular weight is 308 g/mol. The third kappa shape index (κ3) is 2.85. The number of benzene rings is 1. The van der Waals surface area contributed by atoms with E-state index in [0.29, 0.717) is 0 Å². The Morgan fingerprint density at radius 2 is 1.89 bits per heavy atom. The molecule has 0 spiro atoms. The smallest absolute Gasteiger partial charge is 0.174 e. The molecule has 0 aliphatic rings. The summed E-state index contributed by atoms with van der Waals surface area (Å²) in [5.41, 5.74) is 4.98. The molecule has 1 atom stereocenters. The number of hydrogen-bond donors (Lipinski definition) is 1. The maximum Gasteiger partial charge on any atom is 0.174 e. The first-order valence-corrected chi connectivity index (χ1v) is 6.95. The summed E-state index contributed by atoms with van der Waals surface area (Å²) in [6.45, 7) is 7.28. The van der Waals surface area contributed by atoms with Gasteiger partial charge in [-0.3, -0.25) is 0 Å². The van der Waals surface area contributed by atoms with Crippen molar-refractivity contribution < 1.29 is 4.42 Å². The Morgan fingerprint density at radius 1 is 1.22 bits per heavy atom. The molecule has 3 heteroatoms. The van der Waals surface area contributed by atoms with Gasteiger partial charge in [0.1, 0.15) is 0 Å². The first-order valence-electron chi connectivity index (χ1n) is 6.16. The molecule has 0 radical (unpaired) electrons. The van der Waals surface area contributed by atoms with Crippen molar-refractivity contribution in [3.8, 4) is 0 Å². The Bertz CT molecular complexity index is 513. The molecular formula is C15H18BrNO. The Kier molecular flexibility index (Phi) is 4.25. The molecule has 1 heterocycles. The summed E-state index contributed by atoms with van der Waals surface area (Å²) in [4.78, 5) is 0. The fourth-order valence-electron chi connectivity index (χ4n) is 2.30. The molecule has 2 rings (SSSR count). The van der Waals surface area contributed by atoms with Gasteiger partial charge in [-0.25, -0.2) is 0 Å². The summed E-state index contributed by atoms with van der Waals surface area (Å²) in [5.74, 6) is 0.